The van der Waals surface area contributed by atoms with Gasteiger partial charge in [-0.15, -0.1) is 6.58 Å². The van der Waals surface area contributed by atoms with Crippen molar-refractivity contribution in [2.24, 2.45) is 5.41 Å². The first-order valence-corrected chi connectivity index (χ1v) is 11.4. The predicted octanol–water partition coefficient (Wildman–Crippen LogP) is 3.83. The van der Waals surface area contributed by atoms with Crippen LogP contribution in [0.2, 0.25) is 18.1 Å². The van der Waals surface area contributed by atoms with Gasteiger partial charge in [-0.1, -0.05) is 47.6 Å². The van der Waals surface area contributed by atoms with Crippen molar-refractivity contribution in [2.75, 3.05) is 13.2 Å². The predicted molar refractivity (Wildman–Crippen MR) is 102 cm³/mol. The molecule has 0 bridgehead atoms. The van der Waals surface area contributed by atoms with Gasteiger partial charge in [-0.2, -0.15) is 0 Å². The van der Waals surface area contributed by atoms with Crippen LogP contribution in [0.5, 0.6) is 0 Å². The zero-order valence-corrected chi connectivity index (χ0v) is 17.9. The van der Waals surface area contributed by atoms with Crippen LogP contribution in [-0.2, 0) is 14.0 Å². The third-order valence-electron chi connectivity index (χ3n) is 4.43. The van der Waals surface area contributed by atoms with Crippen molar-refractivity contribution < 1.29 is 23.9 Å². The Bertz CT molecular complexity index is 477. The summed E-state index contributed by atoms with van der Waals surface area (Å²) in [4.78, 5) is 24.3. The first-order chi connectivity index (χ1) is 11.1. The molecule has 0 aromatic rings. The molecule has 2 N–H and O–H groups in total. The van der Waals surface area contributed by atoms with E-state index in [1.807, 2.05) is 13.1 Å². The first-order valence-electron chi connectivity index (χ1n) is 8.53. The van der Waals surface area contributed by atoms with Crippen LogP contribution >= 0.6 is 0 Å². The Morgan fingerprint density at radius 2 is 1.72 bits per heavy atom. The third-order valence-corrected chi connectivity index (χ3v) is 8.89. The van der Waals surface area contributed by atoms with E-state index in [4.69, 9.17) is 9.16 Å². The largest absolute Gasteiger partial charge is 0.465 e. The molecule has 0 aliphatic heterocycles. The van der Waals surface area contributed by atoms with E-state index in [0.717, 1.165) is 0 Å². The maximum atomic E-state index is 13.0. The lowest BCUT2D eigenvalue weighted by Crippen LogP contribution is -2.58. The lowest BCUT2D eigenvalue weighted by atomic mass is 9.85. The van der Waals surface area contributed by atoms with Crippen molar-refractivity contribution in [1.82, 2.24) is 5.32 Å². The summed E-state index contributed by atoms with van der Waals surface area (Å²) in [5.74, 6) is -0.140. The molecular weight excluding hydrogens is 338 g/mol. The highest BCUT2D eigenvalue weighted by atomic mass is 28.4. The van der Waals surface area contributed by atoms with Gasteiger partial charge in [0.1, 0.15) is 6.10 Å². The Kier molecular flexibility index (Phi) is 8.54. The Balaban J connectivity index is 5.74. The summed E-state index contributed by atoms with van der Waals surface area (Å²) >= 11 is 0. The van der Waals surface area contributed by atoms with Gasteiger partial charge in [0.25, 0.3) is 0 Å². The van der Waals surface area contributed by atoms with E-state index >= 15 is 0 Å². The normalized spacial score (nSPS) is 15.4. The number of carbonyl (C=O) groups excluding carboxylic acids is 1. The molecule has 25 heavy (non-hydrogen) atoms. The van der Waals surface area contributed by atoms with Gasteiger partial charge < -0.3 is 19.6 Å². The SMILES string of the molecule is C=CCOC[C@H](NC(=O)O)[C@H](O[Si](C)(C)C(C)(C)C)C(=O)C(C)(C)C. The summed E-state index contributed by atoms with van der Waals surface area (Å²) in [6.45, 7) is 19.6. The van der Waals surface area contributed by atoms with Gasteiger partial charge in [0.05, 0.1) is 19.3 Å². The van der Waals surface area contributed by atoms with Gasteiger partial charge in [0, 0.05) is 5.41 Å². The zero-order chi connectivity index (χ0) is 20.1. The highest BCUT2D eigenvalue weighted by Crippen LogP contribution is 2.38. The van der Waals surface area contributed by atoms with E-state index in [1.54, 1.807) is 26.8 Å². The standard InChI is InChI=1S/C18H35NO5Si/c1-10-11-23-12-13(19-16(21)22)14(15(20)17(2,3)4)24-25(8,9)18(5,6)7/h10,13-14,19H,1,11-12H2,2-9H3,(H,21,22)/t13-,14-/m0/s1. The molecule has 146 valence electrons. The molecular formula is C18H35NO5Si. The minimum absolute atomic E-state index is 0.0411. The van der Waals surface area contributed by atoms with Crippen LogP contribution in [0.25, 0.3) is 0 Å². The number of carboxylic acid groups (broad SMARTS) is 1. The van der Waals surface area contributed by atoms with E-state index < -0.39 is 32.0 Å². The maximum absolute atomic E-state index is 13.0. The summed E-state index contributed by atoms with van der Waals surface area (Å²) < 4.78 is 11.8. The number of nitrogens with one attached hydrogen (secondary N) is 1. The Morgan fingerprint density at radius 1 is 1.20 bits per heavy atom. The van der Waals surface area contributed by atoms with Crippen LogP contribution in [0, 0.1) is 5.41 Å². The van der Waals surface area contributed by atoms with E-state index in [9.17, 15) is 14.7 Å². The number of rotatable bonds is 9. The van der Waals surface area contributed by atoms with Crippen molar-refractivity contribution in [1.29, 1.82) is 0 Å². The van der Waals surface area contributed by atoms with Crippen molar-refractivity contribution in [3.05, 3.63) is 12.7 Å². The summed E-state index contributed by atoms with van der Waals surface area (Å²) in [6.07, 6.45) is -0.535. The zero-order valence-electron chi connectivity index (χ0n) is 16.9. The fourth-order valence-electron chi connectivity index (χ4n) is 1.88. The molecule has 7 heteroatoms. The molecule has 0 aliphatic carbocycles. The van der Waals surface area contributed by atoms with Gasteiger partial charge >= 0.3 is 6.09 Å². The number of Topliss-reactive ketones (excluding diaryl/α,β-unsaturated/α-hetero) is 1. The van der Waals surface area contributed by atoms with Crippen molar-refractivity contribution in [2.45, 2.75) is 71.8 Å². The number of ether oxygens (including phenoxy) is 1. The molecule has 1 amide bonds. The lowest BCUT2D eigenvalue weighted by Gasteiger charge is -2.42. The highest BCUT2D eigenvalue weighted by Gasteiger charge is 2.45. The van der Waals surface area contributed by atoms with Crippen molar-refractivity contribution >= 4 is 20.2 Å². The average molecular weight is 374 g/mol. The minimum Gasteiger partial charge on any atom is -0.465 e. The molecule has 0 aliphatic rings. The Hall–Kier alpha value is -1.18. The molecule has 0 spiro atoms. The molecule has 0 unspecified atom stereocenters. The van der Waals surface area contributed by atoms with Crippen LogP contribution in [0.15, 0.2) is 12.7 Å². The number of ketones is 1. The van der Waals surface area contributed by atoms with Crippen molar-refractivity contribution in [3.8, 4) is 0 Å². The lowest BCUT2D eigenvalue weighted by molar-refractivity contribution is -0.136. The van der Waals surface area contributed by atoms with Crippen LogP contribution in [0.1, 0.15) is 41.5 Å². The molecule has 0 saturated carbocycles. The summed E-state index contributed by atoms with van der Waals surface area (Å²) in [7, 11) is -2.30. The fraction of sp³-hybridized carbons (Fsp3) is 0.778. The van der Waals surface area contributed by atoms with Crippen LogP contribution in [-0.4, -0.2) is 50.7 Å². The van der Waals surface area contributed by atoms with Crippen LogP contribution in [0.3, 0.4) is 0 Å². The van der Waals surface area contributed by atoms with E-state index in [-0.39, 0.29) is 24.0 Å². The monoisotopic (exact) mass is 373 g/mol. The smallest absolute Gasteiger partial charge is 0.405 e. The minimum atomic E-state index is -2.30. The maximum Gasteiger partial charge on any atom is 0.405 e. The van der Waals surface area contributed by atoms with Gasteiger partial charge in [-0.25, -0.2) is 4.79 Å². The van der Waals surface area contributed by atoms with Crippen LogP contribution < -0.4 is 5.32 Å². The molecule has 6 nitrogen and oxygen atoms in total. The Morgan fingerprint density at radius 3 is 2.08 bits per heavy atom. The third kappa shape index (κ3) is 7.71. The quantitative estimate of drug-likeness (QED) is 0.364. The number of amides is 1. The van der Waals surface area contributed by atoms with Gasteiger partial charge in [0.15, 0.2) is 14.1 Å². The Labute approximate surface area is 153 Å². The van der Waals surface area contributed by atoms with E-state index in [2.05, 4.69) is 32.7 Å². The first kappa shape index (κ1) is 23.8. The van der Waals surface area contributed by atoms with Gasteiger partial charge in [-0.05, 0) is 18.1 Å². The van der Waals surface area contributed by atoms with E-state index in [0.29, 0.717) is 0 Å². The molecule has 0 saturated heterocycles. The van der Waals surface area contributed by atoms with Crippen LogP contribution in [0.4, 0.5) is 4.79 Å². The molecule has 0 rings (SSSR count). The average Bonchev–Trinajstić information content (AvgIpc) is 2.40. The van der Waals surface area contributed by atoms with Crippen molar-refractivity contribution in [3.63, 3.8) is 0 Å². The molecule has 0 radical (unpaired) electrons. The second-order valence-electron chi connectivity index (χ2n) is 8.80. The molecule has 0 aromatic carbocycles. The van der Waals surface area contributed by atoms with Gasteiger partial charge in [-0.3, -0.25) is 4.79 Å². The number of carbonyl (C=O) groups is 2. The summed E-state index contributed by atoms with van der Waals surface area (Å²) in [5, 5.41) is 11.5. The molecule has 0 aromatic heterocycles. The summed E-state index contributed by atoms with van der Waals surface area (Å²) in [5.41, 5.74) is -0.663. The molecule has 0 fully saturated rings. The summed E-state index contributed by atoms with van der Waals surface area (Å²) in [6, 6.07) is -0.779. The number of hydrogen-bond acceptors (Lipinski definition) is 4. The van der Waals surface area contributed by atoms with E-state index in [1.165, 1.54) is 0 Å². The number of hydrogen-bond donors (Lipinski definition) is 2. The second-order valence-corrected chi connectivity index (χ2v) is 13.6. The molecule has 0 heterocycles. The van der Waals surface area contributed by atoms with Gasteiger partial charge in [0.2, 0.25) is 0 Å². The second kappa shape index (κ2) is 8.96. The fourth-order valence-corrected chi connectivity index (χ4v) is 3.14. The topological polar surface area (TPSA) is 84.9 Å². The molecule has 2 atom stereocenters. The highest BCUT2D eigenvalue weighted by molar-refractivity contribution is 6.74.